The number of H-pyrrole nitrogens is 1. The van der Waals surface area contributed by atoms with Crippen molar-refractivity contribution in [2.75, 3.05) is 6.54 Å². The number of nitrogens with one attached hydrogen (secondary N) is 2. The molecule has 4 nitrogen and oxygen atoms in total. The Balaban J connectivity index is 2.15. The van der Waals surface area contributed by atoms with Gasteiger partial charge in [-0.05, 0) is 0 Å². The van der Waals surface area contributed by atoms with E-state index < -0.39 is 0 Å². The first kappa shape index (κ1) is 8.77. The summed E-state index contributed by atoms with van der Waals surface area (Å²) in [4.78, 5) is 17.6. The lowest BCUT2D eigenvalue weighted by Crippen LogP contribution is -2.24. The van der Waals surface area contributed by atoms with Crippen LogP contribution in [0.25, 0.3) is 0 Å². The summed E-state index contributed by atoms with van der Waals surface area (Å²) in [6.45, 7) is 2.51. The van der Waals surface area contributed by atoms with Crippen molar-refractivity contribution in [3.05, 3.63) is 18.2 Å². The van der Waals surface area contributed by atoms with Gasteiger partial charge < -0.3 is 10.3 Å². The lowest BCUT2D eigenvalue weighted by atomic mass is 10.3. The first-order chi connectivity index (χ1) is 5.83. The number of carbonyl (C=O) groups is 1. The van der Waals surface area contributed by atoms with Crippen molar-refractivity contribution in [3.63, 3.8) is 0 Å². The van der Waals surface area contributed by atoms with E-state index in [4.69, 9.17) is 0 Å². The molecule has 0 radical (unpaired) electrons. The quantitative estimate of drug-likeness (QED) is 0.685. The number of aromatic amines is 1. The zero-order valence-electron chi connectivity index (χ0n) is 7.13. The molecule has 1 rings (SSSR count). The summed E-state index contributed by atoms with van der Waals surface area (Å²) in [5, 5.41) is 2.78. The van der Waals surface area contributed by atoms with E-state index in [-0.39, 0.29) is 5.91 Å². The van der Waals surface area contributed by atoms with Gasteiger partial charge in [-0.3, -0.25) is 4.79 Å². The number of nitrogens with zero attached hydrogens (tertiary/aromatic N) is 1. The zero-order valence-corrected chi connectivity index (χ0v) is 7.13. The molecule has 0 bridgehead atoms. The van der Waals surface area contributed by atoms with E-state index in [1.165, 1.54) is 0 Å². The lowest BCUT2D eigenvalue weighted by molar-refractivity contribution is -0.120. The van der Waals surface area contributed by atoms with Gasteiger partial charge in [-0.2, -0.15) is 0 Å². The molecule has 0 unspecified atom stereocenters. The molecular weight excluding hydrogens is 154 g/mol. The third kappa shape index (κ3) is 2.74. The molecule has 2 N–H and O–H groups in total. The van der Waals surface area contributed by atoms with E-state index >= 15 is 0 Å². The van der Waals surface area contributed by atoms with Crippen molar-refractivity contribution < 1.29 is 4.79 Å². The highest BCUT2D eigenvalue weighted by Crippen LogP contribution is 1.90. The van der Waals surface area contributed by atoms with Crippen LogP contribution in [-0.2, 0) is 11.2 Å². The van der Waals surface area contributed by atoms with Gasteiger partial charge in [0.15, 0.2) is 0 Å². The van der Waals surface area contributed by atoms with E-state index in [2.05, 4.69) is 15.3 Å². The summed E-state index contributed by atoms with van der Waals surface area (Å²) in [7, 11) is 0. The van der Waals surface area contributed by atoms with Crippen LogP contribution in [0.5, 0.6) is 0 Å². The van der Waals surface area contributed by atoms with E-state index in [9.17, 15) is 4.79 Å². The monoisotopic (exact) mass is 167 g/mol. The summed E-state index contributed by atoms with van der Waals surface area (Å²) >= 11 is 0. The smallest absolute Gasteiger partial charge is 0.219 e. The molecule has 0 aliphatic rings. The number of aromatic nitrogens is 2. The molecule has 0 aliphatic carbocycles. The number of imidazole rings is 1. The van der Waals surface area contributed by atoms with Gasteiger partial charge in [-0.1, -0.05) is 6.92 Å². The maximum atomic E-state index is 10.8. The van der Waals surface area contributed by atoms with Gasteiger partial charge in [-0.25, -0.2) is 4.98 Å². The average molecular weight is 167 g/mol. The molecule has 0 spiro atoms. The van der Waals surface area contributed by atoms with Crippen molar-refractivity contribution in [1.82, 2.24) is 15.3 Å². The minimum absolute atomic E-state index is 0.0921. The summed E-state index contributed by atoms with van der Waals surface area (Å²) in [5.74, 6) is 0.0921. The van der Waals surface area contributed by atoms with Crippen LogP contribution >= 0.6 is 0 Å². The Morgan fingerprint density at radius 2 is 2.58 bits per heavy atom. The van der Waals surface area contributed by atoms with Gasteiger partial charge in [0.05, 0.1) is 6.33 Å². The number of hydrogen-bond donors (Lipinski definition) is 2. The molecule has 1 aromatic rings. The molecule has 0 aromatic carbocycles. The van der Waals surface area contributed by atoms with Gasteiger partial charge in [-0.15, -0.1) is 0 Å². The maximum absolute atomic E-state index is 10.8. The molecule has 1 amide bonds. The fourth-order valence-electron chi connectivity index (χ4n) is 0.883. The summed E-state index contributed by atoms with van der Waals surface area (Å²) in [6, 6.07) is 0. The Labute approximate surface area is 71.4 Å². The van der Waals surface area contributed by atoms with Crippen LogP contribution in [0.4, 0.5) is 0 Å². The van der Waals surface area contributed by atoms with Crippen LogP contribution in [-0.4, -0.2) is 22.4 Å². The Hall–Kier alpha value is -1.32. The topological polar surface area (TPSA) is 57.8 Å². The van der Waals surface area contributed by atoms with Crippen LogP contribution in [0.2, 0.25) is 0 Å². The molecule has 0 aliphatic heterocycles. The molecule has 12 heavy (non-hydrogen) atoms. The average Bonchev–Trinajstić information content (AvgIpc) is 2.57. The standard InChI is InChI=1S/C8H13N3O/c1-2-8(12)10-4-3-7-5-9-6-11-7/h5-6H,2-4H2,1H3,(H,9,11)(H,10,12). The van der Waals surface area contributed by atoms with Crippen LogP contribution in [0.3, 0.4) is 0 Å². The molecule has 0 atom stereocenters. The van der Waals surface area contributed by atoms with Crippen molar-refractivity contribution in [1.29, 1.82) is 0 Å². The second-order valence-corrected chi connectivity index (χ2v) is 2.53. The molecular formula is C8H13N3O. The molecule has 1 heterocycles. The van der Waals surface area contributed by atoms with E-state index in [1.54, 1.807) is 12.5 Å². The van der Waals surface area contributed by atoms with Gasteiger partial charge >= 0.3 is 0 Å². The van der Waals surface area contributed by atoms with Crippen molar-refractivity contribution in [2.24, 2.45) is 0 Å². The second kappa shape index (κ2) is 4.54. The second-order valence-electron chi connectivity index (χ2n) is 2.53. The molecule has 0 saturated heterocycles. The first-order valence-corrected chi connectivity index (χ1v) is 4.07. The Kier molecular flexibility index (Phi) is 3.32. The number of hydrogen-bond acceptors (Lipinski definition) is 2. The third-order valence-electron chi connectivity index (χ3n) is 1.59. The fraction of sp³-hybridized carbons (Fsp3) is 0.500. The summed E-state index contributed by atoms with van der Waals surface area (Å²) in [5.41, 5.74) is 1.05. The Morgan fingerprint density at radius 3 is 3.17 bits per heavy atom. The van der Waals surface area contributed by atoms with Gasteiger partial charge in [0, 0.05) is 31.3 Å². The van der Waals surface area contributed by atoms with E-state index in [0.717, 1.165) is 12.1 Å². The Morgan fingerprint density at radius 1 is 1.75 bits per heavy atom. The van der Waals surface area contributed by atoms with Crippen molar-refractivity contribution >= 4 is 5.91 Å². The summed E-state index contributed by atoms with van der Waals surface area (Å²) < 4.78 is 0. The van der Waals surface area contributed by atoms with E-state index in [0.29, 0.717) is 13.0 Å². The van der Waals surface area contributed by atoms with Crippen molar-refractivity contribution in [3.8, 4) is 0 Å². The highest BCUT2D eigenvalue weighted by atomic mass is 16.1. The molecule has 0 fully saturated rings. The molecule has 66 valence electrons. The van der Waals surface area contributed by atoms with Crippen LogP contribution in [0.15, 0.2) is 12.5 Å². The molecule has 4 heteroatoms. The number of amides is 1. The summed E-state index contributed by atoms with van der Waals surface area (Å²) in [6.07, 6.45) is 4.75. The maximum Gasteiger partial charge on any atom is 0.219 e. The van der Waals surface area contributed by atoms with Gasteiger partial charge in [0.25, 0.3) is 0 Å². The minimum Gasteiger partial charge on any atom is -0.356 e. The van der Waals surface area contributed by atoms with Crippen LogP contribution in [0, 0.1) is 0 Å². The predicted molar refractivity (Wildman–Crippen MR) is 45.6 cm³/mol. The fourth-order valence-corrected chi connectivity index (χ4v) is 0.883. The highest BCUT2D eigenvalue weighted by Gasteiger charge is 1.96. The van der Waals surface area contributed by atoms with E-state index in [1.807, 2.05) is 6.92 Å². The number of rotatable bonds is 4. The molecule has 1 aromatic heterocycles. The van der Waals surface area contributed by atoms with Gasteiger partial charge in [0.1, 0.15) is 0 Å². The SMILES string of the molecule is CCC(=O)NCCc1cnc[nH]1. The first-order valence-electron chi connectivity index (χ1n) is 4.07. The lowest BCUT2D eigenvalue weighted by Gasteiger charge is -2.00. The highest BCUT2D eigenvalue weighted by molar-refractivity contribution is 5.75. The minimum atomic E-state index is 0.0921. The predicted octanol–water partition coefficient (Wildman–Crippen LogP) is 0.478. The van der Waals surface area contributed by atoms with Crippen LogP contribution < -0.4 is 5.32 Å². The molecule has 0 saturated carbocycles. The normalized spacial score (nSPS) is 9.75. The largest absolute Gasteiger partial charge is 0.356 e. The van der Waals surface area contributed by atoms with Crippen LogP contribution in [0.1, 0.15) is 19.0 Å². The third-order valence-corrected chi connectivity index (χ3v) is 1.59. The Bertz CT molecular complexity index is 230. The van der Waals surface area contributed by atoms with Gasteiger partial charge in [0.2, 0.25) is 5.91 Å². The number of carbonyl (C=O) groups excluding carboxylic acids is 1. The zero-order chi connectivity index (χ0) is 8.81. The van der Waals surface area contributed by atoms with Crippen molar-refractivity contribution in [2.45, 2.75) is 19.8 Å².